The first-order valence-corrected chi connectivity index (χ1v) is 9.81. The summed E-state index contributed by atoms with van der Waals surface area (Å²) in [6.07, 6.45) is 9.02. The largest absolute Gasteiger partial charge is 0.356 e. The van der Waals surface area contributed by atoms with Crippen molar-refractivity contribution in [2.24, 2.45) is 30.2 Å². The number of hydrogen-bond acceptors (Lipinski definition) is 3. The number of rotatable bonds is 4. The van der Waals surface area contributed by atoms with Gasteiger partial charge in [0.05, 0.1) is 12.1 Å². The van der Waals surface area contributed by atoms with Crippen LogP contribution in [0.1, 0.15) is 57.9 Å². The van der Waals surface area contributed by atoms with Crippen LogP contribution in [-0.2, 0) is 11.8 Å². The van der Waals surface area contributed by atoms with Crippen molar-refractivity contribution in [3.8, 4) is 0 Å². The van der Waals surface area contributed by atoms with Crippen LogP contribution in [0.2, 0.25) is 0 Å². The lowest BCUT2D eigenvalue weighted by atomic mass is 9.70. The second-order valence-corrected chi connectivity index (χ2v) is 9.15. The zero-order valence-corrected chi connectivity index (χ0v) is 17.4. The molecule has 0 radical (unpaired) electrons. The minimum absolute atomic E-state index is 0. The van der Waals surface area contributed by atoms with Gasteiger partial charge in [0.25, 0.3) is 0 Å². The van der Waals surface area contributed by atoms with Crippen molar-refractivity contribution in [2.75, 3.05) is 19.6 Å². The van der Waals surface area contributed by atoms with Gasteiger partial charge in [0.2, 0.25) is 5.91 Å². The second-order valence-electron chi connectivity index (χ2n) is 9.15. The monoisotopic (exact) mass is 382 g/mol. The summed E-state index contributed by atoms with van der Waals surface area (Å²) in [5.74, 6) is 1.94. The van der Waals surface area contributed by atoms with Crippen molar-refractivity contribution in [3.63, 3.8) is 0 Å². The molecule has 2 fully saturated rings. The Labute approximate surface area is 164 Å². The van der Waals surface area contributed by atoms with Crippen LogP contribution in [0.15, 0.2) is 12.4 Å². The molecule has 6 heteroatoms. The van der Waals surface area contributed by atoms with E-state index in [0.717, 1.165) is 25.6 Å². The van der Waals surface area contributed by atoms with Crippen molar-refractivity contribution in [3.05, 3.63) is 18.0 Å². The van der Waals surface area contributed by atoms with Gasteiger partial charge < -0.3 is 10.6 Å². The summed E-state index contributed by atoms with van der Waals surface area (Å²) >= 11 is 0. The summed E-state index contributed by atoms with van der Waals surface area (Å²) in [4.78, 5) is 12.7. The van der Waals surface area contributed by atoms with E-state index in [2.05, 4.69) is 36.5 Å². The third-order valence-electron chi connectivity index (χ3n) is 6.34. The lowest BCUT2D eigenvalue weighted by Gasteiger charge is -2.37. The Hall–Kier alpha value is -1.07. The molecule has 0 aromatic carbocycles. The molecular formula is C20H35ClN4O. The molecule has 3 rings (SSSR count). The molecule has 5 nitrogen and oxygen atoms in total. The number of aromatic nitrogens is 2. The van der Waals surface area contributed by atoms with E-state index < -0.39 is 0 Å². The van der Waals surface area contributed by atoms with Gasteiger partial charge >= 0.3 is 0 Å². The molecule has 26 heavy (non-hydrogen) atoms. The van der Waals surface area contributed by atoms with Gasteiger partial charge in [-0.05, 0) is 48.5 Å². The van der Waals surface area contributed by atoms with Crippen molar-refractivity contribution in [1.29, 1.82) is 0 Å². The molecule has 0 unspecified atom stereocenters. The molecule has 1 amide bonds. The van der Waals surface area contributed by atoms with E-state index in [0.29, 0.717) is 11.3 Å². The minimum Gasteiger partial charge on any atom is -0.356 e. The minimum atomic E-state index is 0. The average Bonchev–Trinajstić information content (AvgIpc) is 3.20. The van der Waals surface area contributed by atoms with E-state index in [4.69, 9.17) is 0 Å². The number of aryl methyl sites for hydroxylation is 1. The van der Waals surface area contributed by atoms with Gasteiger partial charge in [-0.2, -0.15) is 5.10 Å². The van der Waals surface area contributed by atoms with Gasteiger partial charge in [-0.1, -0.05) is 20.8 Å². The number of halogens is 1. The second kappa shape index (κ2) is 8.75. The smallest absolute Gasteiger partial charge is 0.225 e. The van der Waals surface area contributed by atoms with E-state index in [9.17, 15) is 4.79 Å². The summed E-state index contributed by atoms with van der Waals surface area (Å²) in [6, 6.07) is 0. The van der Waals surface area contributed by atoms with E-state index in [1.54, 1.807) is 0 Å². The summed E-state index contributed by atoms with van der Waals surface area (Å²) in [5.41, 5.74) is 1.58. The Bertz CT molecular complexity index is 587. The number of amides is 1. The SMILES string of the molecule is Cl.Cn1cc([C@H]2CNC[C@@H]2C(=O)NCC2CCC(C(C)(C)C)CC2)cn1. The molecule has 1 aliphatic carbocycles. The van der Waals surface area contributed by atoms with Crippen LogP contribution in [0.3, 0.4) is 0 Å². The predicted octanol–water partition coefficient (Wildman–Crippen LogP) is 3.11. The summed E-state index contributed by atoms with van der Waals surface area (Å²) < 4.78 is 1.82. The first-order chi connectivity index (χ1) is 11.8. The number of carbonyl (C=O) groups excluding carboxylic acids is 1. The molecule has 0 spiro atoms. The van der Waals surface area contributed by atoms with Gasteiger partial charge in [-0.3, -0.25) is 9.48 Å². The van der Waals surface area contributed by atoms with Crippen molar-refractivity contribution in [1.82, 2.24) is 20.4 Å². The van der Waals surface area contributed by atoms with E-state index >= 15 is 0 Å². The molecule has 148 valence electrons. The first kappa shape index (κ1) is 21.2. The maximum atomic E-state index is 12.7. The van der Waals surface area contributed by atoms with Crippen LogP contribution in [0, 0.1) is 23.2 Å². The normalized spacial score (nSPS) is 29.2. The maximum absolute atomic E-state index is 12.7. The first-order valence-electron chi connectivity index (χ1n) is 9.81. The highest BCUT2D eigenvalue weighted by molar-refractivity contribution is 5.85. The Morgan fingerprint density at radius 2 is 1.96 bits per heavy atom. The summed E-state index contributed by atoms with van der Waals surface area (Å²) in [7, 11) is 1.93. The summed E-state index contributed by atoms with van der Waals surface area (Å²) in [5, 5.41) is 10.9. The molecule has 2 heterocycles. The molecule has 1 saturated heterocycles. The summed E-state index contributed by atoms with van der Waals surface area (Å²) in [6.45, 7) is 9.52. The molecule has 2 atom stereocenters. The van der Waals surface area contributed by atoms with Crippen LogP contribution in [-0.4, -0.2) is 35.3 Å². The predicted molar refractivity (Wildman–Crippen MR) is 107 cm³/mol. The number of nitrogens with one attached hydrogen (secondary N) is 2. The quantitative estimate of drug-likeness (QED) is 0.841. The molecule has 1 aromatic heterocycles. The standard InChI is InChI=1S/C20H34N4O.ClH/c1-20(2,3)16-7-5-14(6-8-16)9-22-19(25)18-12-21-11-17(18)15-10-23-24(4)13-15;/h10,13-14,16-18,21H,5-9,11-12H2,1-4H3,(H,22,25);1H/t14?,16?,17-,18+;/m1./s1. The number of nitrogens with zero attached hydrogens (tertiary/aromatic N) is 2. The average molecular weight is 383 g/mol. The molecule has 1 aliphatic heterocycles. The highest BCUT2D eigenvalue weighted by atomic mass is 35.5. The Morgan fingerprint density at radius 1 is 1.27 bits per heavy atom. The van der Waals surface area contributed by atoms with Crippen LogP contribution >= 0.6 is 12.4 Å². The van der Waals surface area contributed by atoms with Crippen LogP contribution in [0.5, 0.6) is 0 Å². The lowest BCUT2D eigenvalue weighted by molar-refractivity contribution is -0.125. The molecule has 2 aliphatic rings. The molecule has 1 aromatic rings. The van der Waals surface area contributed by atoms with Gasteiger partial charge in [-0.25, -0.2) is 0 Å². The van der Waals surface area contributed by atoms with Crippen molar-refractivity contribution >= 4 is 18.3 Å². The fraction of sp³-hybridized carbons (Fsp3) is 0.800. The molecular weight excluding hydrogens is 348 g/mol. The maximum Gasteiger partial charge on any atom is 0.225 e. The van der Waals surface area contributed by atoms with Gasteiger partial charge in [0, 0.05) is 38.8 Å². The molecule has 1 saturated carbocycles. The van der Waals surface area contributed by atoms with Gasteiger partial charge in [-0.15, -0.1) is 12.4 Å². The van der Waals surface area contributed by atoms with Crippen molar-refractivity contribution < 1.29 is 4.79 Å². The molecule has 0 bridgehead atoms. The zero-order valence-electron chi connectivity index (χ0n) is 16.6. The van der Waals surface area contributed by atoms with E-state index in [1.165, 1.54) is 31.2 Å². The fourth-order valence-electron chi connectivity index (χ4n) is 4.54. The highest BCUT2D eigenvalue weighted by Crippen LogP contribution is 2.39. The fourth-order valence-corrected chi connectivity index (χ4v) is 4.54. The number of carbonyl (C=O) groups is 1. The third kappa shape index (κ3) is 5.01. The molecule has 2 N–H and O–H groups in total. The lowest BCUT2D eigenvalue weighted by Crippen LogP contribution is -2.38. The van der Waals surface area contributed by atoms with Gasteiger partial charge in [0.1, 0.15) is 0 Å². The highest BCUT2D eigenvalue weighted by Gasteiger charge is 2.35. The Morgan fingerprint density at radius 3 is 2.54 bits per heavy atom. The van der Waals surface area contributed by atoms with Gasteiger partial charge in [0.15, 0.2) is 0 Å². The van der Waals surface area contributed by atoms with Crippen LogP contribution in [0.25, 0.3) is 0 Å². The van der Waals surface area contributed by atoms with Crippen LogP contribution in [0.4, 0.5) is 0 Å². The topological polar surface area (TPSA) is 59.0 Å². The number of hydrogen-bond donors (Lipinski definition) is 2. The third-order valence-corrected chi connectivity index (χ3v) is 6.34. The zero-order chi connectivity index (χ0) is 18.0. The van der Waals surface area contributed by atoms with E-state index in [1.807, 2.05) is 24.1 Å². The Kier molecular flexibility index (Phi) is 7.14. The van der Waals surface area contributed by atoms with E-state index in [-0.39, 0.29) is 30.2 Å². The van der Waals surface area contributed by atoms with Crippen molar-refractivity contribution in [2.45, 2.75) is 52.4 Å². The van der Waals surface area contributed by atoms with Crippen LogP contribution < -0.4 is 10.6 Å². The Balaban J connectivity index is 0.00000243.